The SMILES string of the molecule is CCc1ccccc1NC(=O)C1CSc2nc(C)c(CC)c(=O)n2C1. The summed E-state index contributed by atoms with van der Waals surface area (Å²) in [5, 5.41) is 3.75. The van der Waals surface area contributed by atoms with Crippen LogP contribution in [0.4, 0.5) is 5.69 Å². The second-order valence-electron chi connectivity index (χ2n) is 6.24. The number of rotatable bonds is 4. The molecule has 25 heavy (non-hydrogen) atoms. The average molecular weight is 357 g/mol. The summed E-state index contributed by atoms with van der Waals surface area (Å²) in [6.07, 6.45) is 1.52. The third-order valence-corrected chi connectivity index (χ3v) is 5.77. The topological polar surface area (TPSA) is 64.0 Å². The molecule has 6 heteroatoms. The van der Waals surface area contributed by atoms with Gasteiger partial charge in [0.2, 0.25) is 5.91 Å². The van der Waals surface area contributed by atoms with Crippen LogP contribution < -0.4 is 10.9 Å². The number of amides is 1. The first kappa shape index (κ1) is 17.7. The highest BCUT2D eigenvalue weighted by atomic mass is 32.2. The first-order valence-corrected chi connectivity index (χ1v) is 9.65. The monoisotopic (exact) mass is 357 g/mol. The van der Waals surface area contributed by atoms with Crippen molar-refractivity contribution in [3.05, 3.63) is 51.4 Å². The number of anilines is 1. The molecule has 0 radical (unpaired) electrons. The first-order valence-electron chi connectivity index (χ1n) is 8.67. The molecule has 1 aromatic carbocycles. The summed E-state index contributed by atoms with van der Waals surface area (Å²) in [6.45, 7) is 6.29. The number of hydrogen-bond donors (Lipinski definition) is 1. The number of nitrogens with one attached hydrogen (secondary N) is 1. The van der Waals surface area contributed by atoms with E-state index in [0.29, 0.717) is 18.7 Å². The fourth-order valence-corrected chi connectivity index (χ4v) is 4.27. The van der Waals surface area contributed by atoms with Gasteiger partial charge in [0.25, 0.3) is 5.56 Å². The molecule has 0 fully saturated rings. The molecule has 1 aliphatic rings. The number of para-hydroxylation sites is 1. The van der Waals surface area contributed by atoms with Crippen LogP contribution >= 0.6 is 11.8 Å². The van der Waals surface area contributed by atoms with Gasteiger partial charge in [-0.1, -0.05) is 43.8 Å². The molecule has 0 saturated heterocycles. The first-order chi connectivity index (χ1) is 12.0. The molecule has 5 nitrogen and oxygen atoms in total. The van der Waals surface area contributed by atoms with Gasteiger partial charge in [-0.2, -0.15) is 0 Å². The number of carbonyl (C=O) groups is 1. The van der Waals surface area contributed by atoms with Crippen LogP contribution in [0.1, 0.15) is 30.7 Å². The summed E-state index contributed by atoms with van der Waals surface area (Å²) < 4.78 is 1.66. The van der Waals surface area contributed by atoms with Crippen LogP contribution in [-0.4, -0.2) is 21.2 Å². The van der Waals surface area contributed by atoms with Gasteiger partial charge in [-0.25, -0.2) is 4.98 Å². The van der Waals surface area contributed by atoms with Crippen molar-refractivity contribution in [2.45, 2.75) is 45.3 Å². The van der Waals surface area contributed by atoms with Gasteiger partial charge in [0.15, 0.2) is 5.16 Å². The van der Waals surface area contributed by atoms with E-state index in [4.69, 9.17) is 0 Å². The molecule has 1 atom stereocenters. The van der Waals surface area contributed by atoms with Crippen molar-refractivity contribution in [2.75, 3.05) is 11.1 Å². The lowest BCUT2D eigenvalue weighted by molar-refractivity contribution is -0.119. The van der Waals surface area contributed by atoms with E-state index in [1.807, 2.05) is 38.1 Å². The third kappa shape index (κ3) is 3.49. The van der Waals surface area contributed by atoms with Gasteiger partial charge < -0.3 is 5.32 Å². The van der Waals surface area contributed by atoms with E-state index in [-0.39, 0.29) is 17.4 Å². The number of nitrogens with zero attached hydrogens (tertiary/aromatic N) is 2. The normalized spacial score (nSPS) is 16.4. The molecule has 0 spiro atoms. The number of thioether (sulfide) groups is 1. The molecule has 1 unspecified atom stereocenters. The van der Waals surface area contributed by atoms with Crippen LogP contribution in [0, 0.1) is 12.8 Å². The molecule has 0 bridgehead atoms. The average Bonchev–Trinajstić information content (AvgIpc) is 2.62. The maximum Gasteiger partial charge on any atom is 0.257 e. The molecule has 132 valence electrons. The lowest BCUT2D eigenvalue weighted by Crippen LogP contribution is -2.38. The number of carbonyl (C=O) groups excluding carboxylic acids is 1. The highest BCUT2D eigenvalue weighted by Gasteiger charge is 2.28. The summed E-state index contributed by atoms with van der Waals surface area (Å²) in [7, 11) is 0. The Labute approximate surface area is 151 Å². The van der Waals surface area contributed by atoms with Gasteiger partial charge in [-0.3, -0.25) is 14.2 Å². The van der Waals surface area contributed by atoms with E-state index in [9.17, 15) is 9.59 Å². The number of aryl methyl sites for hydroxylation is 2. The Morgan fingerprint density at radius 2 is 2.08 bits per heavy atom. The Balaban J connectivity index is 1.83. The predicted molar refractivity (Wildman–Crippen MR) is 101 cm³/mol. The molecule has 2 heterocycles. The van der Waals surface area contributed by atoms with Gasteiger partial charge in [0, 0.05) is 29.2 Å². The molecule has 0 saturated carbocycles. The number of aromatic nitrogens is 2. The Hall–Kier alpha value is -2.08. The summed E-state index contributed by atoms with van der Waals surface area (Å²) >= 11 is 1.48. The molecule has 3 rings (SSSR count). The maximum absolute atomic E-state index is 12.7. The number of benzene rings is 1. The summed E-state index contributed by atoms with van der Waals surface area (Å²) in [6, 6.07) is 7.84. The summed E-state index contributed by atoms with van der Waals surface area (Å²) in [5.74, 6) is 0.358. The van der Waals surface area contributed by atoms with Crippen LogP contribution in [0.3, 0.4) is 0 Å². The van der Waals surface area contributed by atoms with Gasteiger partial charge in [0.1, 0.15) is 0 Å². The summed E-state index contributed by atoms with van der Waals surface area (Å²) in [4.78, 5) is 29.9. The maximum atomic E-state index is 12.7. The van der Waals surface area contributed by atoms with Crippen molar-refractivity contribution in [2.24, 2.45) is 5.92 Å². The Bertz CT molecular complexity index is 860. The molecule has 1 amide bonds. The van der Waals surface area contributed by atoms with Gasteiger partial charge >= 0.3 is 0 Å². The lowest BCUT2D eigenvalue weighted by atomic mass is 10.1. The van der Waals surface area contributed by atoms with Crippen LogP contribution in [0.15, 0.2) is 34.2 Å². The van der Waals surface area contributed by atoms with Crippen LogP contribution in [0.5, 0.6) is 0 Å². The van der Waals surface area contributed by atoms with E-state index in [2.05, 4.69) is 17.2 Å². The summed E-state index contributed by atoms with van der Waals surface area (Å²) in [5.41, 5.74) is 3.49. The Morgan fingerprint density at radius 1 is 1.32 bits per heavy atom. The molecule has 0 aliphatic carbocycles. The fourth-order valence-electron chi connectivity index (χ4n) is 3.15. The zero-order chi connectivity index (χ0) is 18.0. The van der Waals surface area contributed by atoms with E-state index in [0.717, 1.165) is 34.1 Å². The zero-order valence-corrected chi connectivity index (χ0v) is 15.7. The zero-order valence-electron chi connectivity index (χ0n) is 14.8. The third-order valence-electron chi connectivity index (χ3n) is 4.63. The molecular formula is C19H23N3O2S. The Morgan fingerprint density at radius 3 is 2.80 bits per heavy atom. The highest BCUT2D eigenvalue weighted by molar-refractivity contribution is 7.99. The minimum absolute atomic E-state index is 0.0102. The van der Waals surface area contributed by atoms with Crippen LogP contribution in [0.25, 0.3) is 0 Å². The van der Waals surface area contributed by atoms with Crippen molar-refractivity contribution < 1.29 is 4.79 Å². The van der Waals surface area contributed by atoms with Crippen molar-refractivity contribution >= 4 is 23.4 Å². The quantitative estimate of drug-likeness (QED) is 0.854. The number of hydrogen-bond acceptors (Lipinski definition) is 4. The second kappa shape index (κ2) is 7.44. The second-order valence-corrected chi connectivity index (χ2v) is 7.22. The predicted octanol–water partition coefficient (Wildman–Crippen LogP) is 3.04. The van der Waals surface area contributed by atoms with Gasteiger partial charge in [-0.05, 0) is 31.4 Å². The van der Waals surface area contributed by atoms with Crippen molar-refractivity contribution in [3.63, 3.8) is 0 Å². The van der Waals surface area contributed by atoms with Crippen LogP contribution in [-0.2, 0) is 24.2 Å². The smallest absolute Gasteiger partial charge is 0.257 e. The van der Waals surface area contributed by atoms with Crippen molar-refractivity contribution in [3.8, 4) is 0 Å². The lowest BCUT2D eigenvalue weighted by Gasteiger charge is -2.25. The largest absolute Gasteiger partial charge is 0.326 e. The van der Waals surface area contributed by atoms with Gasteiger partial charge in [-0.15, -0.1) is 0 Å². The van der Waals surface area contributed by atoms with Crippen molar-refractivity contribution in [1.82, 2.24) is 9.55 Å². The Kier molecular flexibility index (Phi) is 5.27. The van der Waals surface area contributed by atoms with E-state index in [1.54, 1.807) is 4.57 Å². The van der Waals surface area contributed by atoms with E-state index in [1.165, 1.54) is 11.8 Å². The minimum Gasteiger partial charge on any atom is -0.326 e. The fraction of sp³-hybridized carbons (Fsp3) is 0.421. The molecule has 1 aromatic heterocycles. The highest BCUT2D eigenvalue weighted by Crippen LogP contribution is 2.27. The molecular weight excluding hydrogens is 334 g/mol. The van der Waals surface area contributed by atoms with Gasteiger partial charge in [0.05, 0.1) is 5.92 Å². The van der Waals surface area contributed by atoms with Crippen molar-refractivity contribution in [1.29, 1.82) is 0 Å². The molecule has 1 N–H and O–H groups in total. The van der Waals surface area contributed by atoms with Crippen LogP contribution in [0.2, 0.25) is 0 Å². The standard InChI is InChI=1S/C19H23N3O2S/c1-4-13-8-6-7-9-16(13)21-17(23)14-10-22-18(24)15(5-2)12(3)20-19(22)25-11-14/h6-9,14H,4-5,10-11H2,1-3H3,(H,21,23). The molecule has 1 aliphatic heterocycles. The minimum atomic E-state index is -0.241. The van der Waals surface area contributed by atoms with E-state index < -0.39 is 0 Å². The number of fused-ring (bicyclic) bond motifs is 1. The molecule has 2 aromatic rings. The van der Waals surface area contributed by atoms with E-state index >= 15 is 0 Å².